The smallest absolute Gasteiger partial charge is 0.166 e. The summed E-state index contributed by atoms with van der Waals surface area (Å²) in [7, 11) is 0. The molecule has 0 aromatic rings. The van der Waals surface area contributed by atoms with E-state index < -0.39 is 0 Å². The van der Waals surface area contributed by atoms with Gasteiger partial charge >= 0.3 is 0 Å². The van der Waals surface area contributed by atoms with E-state index in [1.807, 2.05) is 37.3 Å². The molecular formula is C12H10BrNO. The monoisotopic (exact) mass is 263 g/mol. The standard InChI is InChI=1S/C12H10BrNO/c1-8-5-9-6-10(13)3-2-4-11(9)14-12(8)7-15/h2-7,14H,1H3. The van der Waals surface area contributed by atoms with Crippen LogP contribution in [0.2, 0.25) is 0 Å². The zero-order valence-electron chi connectivity index (χ0n) is 8.25. The van der Waals surface area contributed by atoms with Crippen molar-refractivity contribution in [2.45, 2.75) is 6.92 Å². The number of dihydropyridines is 1. The van der Waals surface area contributed by atoms with Gasteiger partial charge in [0.05, 0.1) is 5.70 Å². The van der Waals surface area contributed by atoms with E-state index in [2.05, 4.69) is 21.2 Å². The fraction of sp³-hybridized carbons (Fsp3) is 0.0833. The van der Waals surface area contributed by atoms with Gasteiger partial charge in [-0.05, 0) is 42.4 Å². The first-order valence-electron chi connectivity index (χ1n) is 4.61. The van der Waals surface area contributed by atoms with Gasteiger partial charge in [0.2, 0.25) is 0 Å². The number of halogens is 1. The number of rotatable bonds is 1. The van der Waals surface area contributed by atoms with E-state index in [9.17, 15) is 4.79 Å². The second-order valence-corrected chi connectivity index (χ2v) is 4.32. The number of nitrogens with one attached hydrogen (secondary N) is 1. The summed E-state index contributed by atoms with van der Waals surface area (Å²) in [6, 6.07) is 0. The Hall–Kier alpha value is -1.35. The summed E-state index contributed by atoms with van der Waals surface area (Å²) in [6.45, 7) is 1.92. The number of carbonyl (C=O) groups is 1. The van der Waals surface area contributed by atoms with E-state index in [-0.39, 0.29) is 0 Å². The number of hydrogen-bond acceptors (Lipinski definition) is 2. The van der Waals surface area contributed by atoms with Crippen LogP contribution in [-0.4, -0.2) is 6.29 Å². The Bertz CT molecular complexity index is 464. The van der Waals surface area contributed by atoms with Crippen LogP contribution in [0.15, 0.2) is 57.4 Å². The highest BCUT2D eigenvalue weighted by Gasteiger charge is 2.13. The molecular weight excluding hydrogens is 254 g/mol. The van der Waals surface area contributed by atoms with E-state index in [4.69, 9.17) is 0 Å². The van der Waals surface area contributed by atoms with Crippen molar-refractivity contribution in [3.63, 3.8) is 0 Å². The van der Waals surface area contributed by atoms with Gasteiger partial charge in [-0.15, -0.1) is 0 Å². The summed E-state index contributed by atoms with van der Waals surface area (Å²) >= 11 is 3.44. The van der Waals surface area contributed by atoms with Crippen molar-refractivity contribution >= 4 is 22.2 Å². The average molecular weight is 264 g/mol. The van der Waals surface area contributed by atoms with Gasteiger partial charge in [-0.25, -0.2) is 0 Å². The Kier molecular flexibility index (Phi) is 2.73. The molecule has 2 nitrogen and oxygen atoms in total. The number of hydrogen-bond donors (Lipinski definition) is 1. The molecule has 0 aromatic heterocycles. The lowest BCUT2D eigenvalue weighted by Crippen LogP contribution is -2.19. The van der Waals surface area contributed by atoms with E-state index in [1.165, 1.54) is 0 Å². The van der Waals surface area contributed by atoms with Gasteiger partial charge < -0.3 is 5.32 Å². The molecule has 0 amide bonds. The van der Waals surface area contributed by atoms with Crippen molar-refractivity contribution in [1.82, 2.24) is 5.32 Å². The molecule has 76 valence electrons. The highest BCUT2D eigenvalue weighted by Crippen LogP contribution is 2.25. The molecule has 1 aliphatic carbocycles. The summed E-state index contributed by atoms with van der Waals surface area (Å²) in [5.74, 6) is 0. The van der Waals surface area contributed by atoms with Crippen molar-refractivity contribution in [2.24, 2.45) is 0 Å². The first-order chi connectivity index (χ1) is 7.20. The molecule has 1 heterocycles. The number of carbonyl (C=O) groups excluding carboxylic acids is 1. The van der Waals surface area contributed by atoms with E-state index in [0.29, 0.717) is 5.70 Å². The fourth-order valence-corrected chi connectivity index (χ4v) is 1.92. The number of aldehydes is 1. The lowest BCUT2D eigenvalue weighted by molar-refractivity contribution is -0.105. The zero-order valence-corrected chi connectivity index (χ0v) is 9.84. The maximum Gasteiger partial charge on any atom is 0.166 e. The molecule has 0 atom stereocenters. The Labute approximate surface area is 96.9 Å². The minimum Gasteiger partial charge on any atom is -0.352 e. The SMILES string of the molecule is CC1=C(C=O)NC2=CC=CC(Br)=CC2=C1. The topological polar surface area (TPSA) is 29.1 Å². The Balaban J connectivity index is 2.50. The highest BCUT2D eigenvalue weighted by molar-refractivity contribution is 9.11. The lowest BCUT2D eigenvalue weighted by Gasteiger charge is -2.18. The van der Waals surface area contributed by atoms with Gasteiger partial charge in [-0.3, -0.25) is 4.79 Å². The third-order valence-corrected chi connectivity index (χ3v) is 2.80. The van der Waals surface area contributed by atoms with Crippen LogP contribution < -0.4 is 5.32 Å². The summed E-state index contributed by atoms with van der Waals surface area (Å²) in [5.41, 5.74) is 3.61. The van der Waals surface area contributed by atoms with E-state index in [1.54, 1.807) is 0 Å². The highest BCUT2D eigenvalue weighted by atomic mass is 79.9. The van der Waals surface area contributed by atoms with Crippen LogP contribution in [0.5, 0.6) is 0 Å². The van der Waals surface area contributed by atoms with Gasteiger partial charge in [-0.2, -0.15) is 0 Å². The summed E-state index contributed by atoms with van der Waals surface area (Å²) in [5, 5.41) is 3.10. The maximum absolute atomic E-state index is 10.8. The third kappa shape index (κ3) is 2.02. The minimum atomic E-state index is 0.629. The van der Waals surface area contributed by atoms with Crippen LogP contribution >= 0.6 is 15.9 Å². The molecule has 15 heavy (non-hydrogen) atoms. The largest absolute Gasteiger partial charge is 0.352 e. The molecule has 0 bridgehead atoms. The van der Waals surface area contributed by atoms with Crippen LogP contribution in [0, 0.1) is 0 Å². The van der Waals surface area contributed by atoms with Crippen LogP contribution in [0.1, 0.15) is 6.92 Å². The van der Waals surface area contributed by atoms with Crippen molar-refractivity contribution in [2.75, 3.05) is 0 Å². The minimum absolute atomic E-state index is 0.629. The molecule has 0 radical (unpaired) electrons. The van der Waals surface area contributed by atoms with Gasteiger partial charge in [0.25, 0.3) is 0 Å². The van der Waals surface area contributed by atoms with Gasteiger partial charge in [-0.1, -0.05) is 22.0 Å². The second-order valence-electron chi connectivity index (χ2n) is 3.41. The van der Waals surface area contributed by atoms with Crippen molar-refractivity contribution in [3.8, 4) is 0 Å². The van der Waals surface area contributed by atoms with Crippen molar-refractivity contribution in [1.29, 1.82) is 0 Å². The molecule has 0 aromatic carbocycles. The van der Waals surface area contributed by atoms with E-state index >= 15 is 0 Å². The molecule has 3 heteroatoms. The summed E-state index contributed by atoms with van der Waals surface area (Å²) in [4.78, 5) is 10.8. The second kappa shape index (κ2) is 4.03. The van der Waals surface area contributed by atoms with Crippen LogP contribution in [0.25, 0.3) is 0 Å². The zero-order chi connectivity index (χ0) is 10.8. The molecule has 0 unspecified atom stereocenters. The van der Waals surface area contributed by atoms with Crippen molar-refractivity contribution in [3.05, 3.63) is 57.4 Å². The maximum atomic E-state index is 10.8. The summed E-state index contributed by atoms with van der Waals surface area (Å²) in [6.07, 6.45) is 10.7. The van der Waals surface area contributed by atoms with E-state index in [0.717, 1.165) is 27.6 Å². The summed E-state index contributed by atoms with van der Waals surface area (Å²) < 4.78 is 1.02. The molecule has 2 aliphatic rings. The predicted octanol–water partition coefficient (Wildman–Crippen LogP) is 2.72. The molecule has 0 saturated heterocycles. The van der Waals surface area contributed by atoms with Gasteiger partial charge in [0.1, 0.15) is 0 Å². The number of allylic oxidation sites excluding steroid dienone is 8. The van der Waals surface area contributed by atoms with Crippen LogP contribution in [-0.2, 0) is 4.79 Å². The van der Waals surface area contributed by atoms with Crippen LogP contribution in [0.3, 0.4) is 0 Å². The number of fused-ring (bicyclic) bond motifs is 1. The predicted molar refractivity (Wildman–Crippen MR) is 64.2 cm³/mol. The first kappa shape index (κ1) is 10.2. The quantitative estimate of drug-likeness (QED) is 0.738. The van der Waals surface area contributed by atoms with Gasteiger partial charge in [0.15, 0.2) is 6.29 Å². The third-order valence-electron chi connectivity index (χ3n) is 2.31. The van der Waals surface area contributed by atoms with Crippen LogP contribution in [0.4, 0.5) is 0 Å². The lowest BCUT2D eigenvalue weighted by atomic mass is 10.0. The molecule has 0 saturated carbocycles. The Morgan fingerprint density at radius 3 is 2.93 bits per heavy atom. The Morgan fingerprint density at radius 1 is 1.40 bits per heavy atom. The first-order valence-corrected chi connectivity index (χ1v) is 5.41. The Morgan fingerprint density at radius 2 is 2.20 bits per heavy atom. The molecule has 2 rings (SSSR count). The average Bonchev–Trinajstić information content (AvgIpc) is 2.37. The molecule has 0 fully saturated rings. The fourth-order valence-electron chi connectivity index (χ4n) is 1.52. The molecule has 1 aliphatic heterocycles. The van der Waals surface area contributed by atoms with Gasteiger partial charge in [0, 0.05) is 10.2 Å². The normalized spacial score (nSPS) is 19.5. The molecule has 0 spiro atoms. The molecule has 1 N–H and O–H groups in total. The van der Waals surface area contributed by atoms with Crippen molar-refractivity contribution < 1.29 is 4.79 Å².